The van der Waals surface area contributed by atoms with Gasteiger partial charge in [0.2, 0.25) is 5.91 Å². The van der Waals surface area contributed by atoms with E-state index in [0.29, 0.717) is 0 Å². The third-order valence-electron chi connectivity index (χ3n) is 3.39. The number of nitrogens with zero attached hydrogens (tertiary/aromatic N) is 1. The van der Waals surface area contributed by atoms with Gasteiger partial charge in [0.1, 0.15) is 0 Å². The highest BCUT2D eigenvalue weighted by atomic mass is 16.3. The number of carbonyl (C=O) groups is 1. The van der Waals surface area contributed by atoms with Gasteiger partial charge < -0.3 is 20.8 Å². The minimum atomic E-state index is -0.788. The molecule has 86 valence electrons. The molecule has 1 saturated carbocycles. The molecule has 2 unspecified atom stereocenters. The molecule has 0 radical (unpaired) electrons. The second-order valence-electron chi connectivity index (χ2n) is 4.65. The summed E-state index contributed by atoms with van der Waals surface area (Å²) in [5.74, 6) is 0.0380. The van der Waals surface area contributed by atoms with Gasteiger partial charge in [-0.05, 0) is 19.3 Å². The fourth-order valence-electron chi connectivity index (χ4n) is 2.45. The Bertz CT molecular complexity index is 249. The molecule has 4 N–H and O–H groups in total. The van der Waals surface area contributed by atoms with Crippen LogP contribution in [0.25, 0.3) is 0 Å². The molecule has 0 aromatic rings. The summed E-state index contributed by atoms with van der Waals surface area (Å²) in [5, 5.41) is 18.7. The maximum Gasteiger partial charge on any atom is 0.225 e. The summed E-state index contributed by atoms with van der Waals surface area (Å²) >= 11 is 0. The third-order valence-corrected chi connectivity index (χ3v) is 3.39. The number of aliphatic hydroxyl groups is 2. The Labute approximate surface area is 88.9 Å². The second kappa shape index (κ2) is 4.08. The van der Waals surface area contributed by atoms with Crippen molar-refractivity contribution in [2.45, 2.75) is 37.5 Å². The number of hydrogen-bond donors (Lipinski definition) is 3. The molecule has 0 bridgehead atoms. The van der Waals surface area contributed by atoms with E-state index < -0.39 is 12.2 Å². The smallest absolute Gasteiger partial charge is 0.225 e. The van der Waals surface area contributed by atoms with Gasteiger partial charge in [0.05, 0.1) is 12.2 Å². The highest BCUT2D eigenvalue weighted by Crippen LogP contribution is 2.27. The van der Waals surface area contributed by atoms with Gasteiger partial charge in [-0.2, -0.15) is 0 Å². The summed E-state index contributed by atoms with van der Waals surface area (Å²) in [6.45, 7) is 0.511. The Hall–Kier alpha value is -0.650. The molecule has 1 aliphatic carbocycles. The molecule has 1 aliphatic heterocycles. The lowest BCUT2D eigenvalue weighted by Gasteiger charge is -2.19. The van der Waals surface area contributed by atoms with Crippen molar-refractivity contribution in [1.29, 1.82) is 0 Å². The maximum absolute atomic E-state index is 11.9. The van der Waals surface area contributed by atoms with E-state index in [1.54, 1.807) is 4.90 Å². The van der Waals surface area contributed by atoms with Crippen LogP contribution in [0.3, 0.4) is 0 Å². The number of amides is 1. The molecule has 1 amide bonds. The quantitative estimate of drug-likeness (QED) is 0.505. The van der Waals surface area contributed by atoms with Gasteiger partial charge in [-0.25, -0.2) is 0 Å². The van der Waals surface area contributed by atoms with E-state index in [1.807, 2.05) is 0 Å². The summed E-state index contributed by atoms with van der Waals surface area (Å²) in [4.78, 5) is 13.5. The van der Waals surface area contributed by atoms with E-state index in [4.69, 9.17) is 5.73 Å². The topological polar surface area (TPSA) is 86.8 Å². The van der Waals surface area contributed by atoms with Crippen LogP contribution in [0, 0.1) is 5.92 Å². The molecule has 2 aliphatic rings. The van der Waals surface area contributed by atoms with Gasteiger partial charge in [0, 0.05) is 25.0 Å². The van der Waals surface area contributed by atoms with Crippen LogP contribution in [0.15, 0.2) is 0 Å². The number of carbonyl (C=O) groups excluding carboxylic acids is 1. The van der Waals surface area contributed by atoms with Gasteiger partial charge in [0.15, 0.2) is 0 Å². The van der Waals surface area contributed by atoms with Crippen LogP contribution in [-0.4, -0.2) is 52.4 Å². The van der Waals surface area contributed by atoms with Crippen LogP contribution < -0.4 is 5.73 Å². The summed E-state index contributed by atoms with van der Waals surface area (Å²) in [6.07, 6.45) is 0.896. The molecule has 5 heteroatoms. The predicted molar refractivity (Wildman–Crippen MR) is 53.9 cm³/mol. The Kier molecular flexibility index (Phi) is 2.95. The number of β-amino-alcohol motifs (C(OH)–C–C–N with tert-alkyl or cyclic N) is 2. The van der Waals surface area contributed by atoms with Gasteiger partial charge in [0.25, 0.3) is 0 Å². The number of hydrogen-bond acceptors (Lipinski definition) is 4. The normalized spacial score (nSPS) is 41.1. The van der Waals surface area contributed by atoms with Crippen LogP contribution in [0.4, 0.5) is 0 Å². The van der Waals surface area contributed by atoms with Crippen molar-refractivity contribution in [2.75, 3.05) is 13.1 Å². The summed E-state index contributed by atoms with van der Waals surface area (Å²) < 4.78 is 0. The van der Waals surface area contributed by atoms with Gasteiger partial charge >= 0.3 is 0 Å². The largest absolute Gasteiger partial charge is 0.388 e. The summed E-state index contributed by atoms with van der Waals surface area (Å²) in [5.41, 5.74) is 5.75. The first kappa shape index (κ1) is 10.9. The lowest BCUT2D eigenvalue weighted by Crippen LogP contribution is -2.35. The van der Waals surface area contributed by atoms with Crippen LogP contribution >= 0.6 is 0 Å². The lowest BCUT2D eigenvalue weighted by molar-refractivity contribution is -0.134. The zero-order valence-corrected chi connectivity index (χ0v) is 8.67. The first-order valence-corrected chi connectivity index (χ1v) is 5.48. The average molecular weight is 214 g/mol. The molecule has 1 saturated heterocycles. The van der Waals surface area contributed by atoms with Crippen molar-refractivity contribution in [1.82, 2.24) is 4.90 Å². The highest BCUT2D eigenvalue weighted by molar-refractivity contribution is 5.79. The predicted octanol–water partition coefficient (Wildman–Crippen LogP) is -1.32. The first-order chi connectivity index (χ1) is 7.08. The van der Waals surface area contributed by atoms with Gasteiger partial charge in [-0.15, -0.1) is 0 Å². The summed E-state index contributed by atoms with van der Waals surface area (Å²) in [6, 6.07) is 0.136. The van der Waals surface area contributed by atoms with Crippen LogP contribution in [0.2, 0.25) is 0 Å². The number of rotatable bonds is 1. The van der Waals surface area contributed by atoms with E-state index in [-0.39, 0.29) is 31.0 Å². The van der Waals surface area contributed by atoms with Gasteiger partial charge in [-0.3, -0.25) is 4.79 Å². The minimum Gasteiger partial charge on any atom is -0.388 e. The first-order valence-electron chi connectivity index (χ1n) is 5.48. The Morgan fingerprint density at radius 2 is 1.80 bits per heavy atom. The van der Waals surface area contributed by atoms with Crippen LogP contribution in [0.1, 0.15) is 19.3 Å². The van der Waals surface area contributed by atoms with Crippen molar-refractivity contribution in [3.05, 3.63) is 0 Å². The fraction of sp³-hybridized carbons (Fsp3) is 0.900. The monoisotopic (exact) mass is 214 g/mol. The molecule has 5 nitrogen and oxygen atoms in total. The van der Waals surface area contributed by atoms with E-state index in [1.165, 1.54) is 0 Å². The molecule has 0 spiro atoms. The average Bonchev–Trinajstić information content (AvgIpc) is 2.74. The number of nitrogens with two attached hydrogens (primary N) is 1. The standard InChI is InChI=1S/C10H18N2O3/c11-7-2-1-6(3-7)10(15)12-4-8(13)9(14)5-12/h6-9,13-14H,1-5,11H2/t6?,7?,8-,9+. The zero-order chi connectivity index (χ0) is 11.0. The fourth-order valence-corrected chi connectivity index (χ4v) is 2.45. The highest BCUT2D eigenvalue weighted by Gasteiger charge is 2.37. The van der Waals surface area contributed by atoms with Crippen molar-refractivity contribution >= 4 is 5.91 Å². The van der Waals surface area contributed by atoms with E-state index in [2.05, 4.69) is 0 Å². The van der Waals surface area contributed by atoms with Crippen LogP contribution in [-0.2, 0) is 4.79 Å². The number of likely N-dealkylation sites (tertiary alicyclic amines) is 1. The summed E-state index contributed by atoms with van der Waals surface area (Å²) in [7, 11) is 0. The lowest BCUT2D eigenvalue weighted by atomic mass is 10.1. The van der Waals surface area contributed by atoms with Crippen molar-refractivity contribution in [3.8, 4) is 0 Å². The Balaban J connectivity index is 1.92. The molecule has 2 fully saturated rings. The molecule has 0 aromatic heterocycles. The zero-order valence-electron chi connectivity index (χ0n) is 8.67. The van der Waals surface area contributed by atoms with Gasteiger partial charge in [-0.1, -0.05) is 0 Å². The Morgan fingerprint density at radius 3 is 2.27 bits per heavy atom. The van der Waals surface area contributed by atoms with E-state index >= 15 is 0 Å². The molecule has 1 heterocycles. The molecular weight excluding hydrogens is 196 g/mol. The minimum absolute atomic E-state index is 0.00231. The maximum atomic E-state index is 11.9. The van der Waals surface area contributed by atoms with Crippen LogP contribution in [0.5, 0.6) is 0 Å². The molecule has 4 atom stereocenters. The Morgan fingerprint density at radius 1 is 1.20 bits per heavy atom. The van der Waals surface area contributed by atoms with Crippen molar-refractivity contribution in [2.24, 2.45) is 11.7 Å². The van der Waals surface area contributed by atoms with Crippen molar-refractivity contribution in [3.63, 3.8) is 0 Å². The SMILES string of the molecule is NC1CCC(C(=O)N2C[C@@H](O)[C@@H](O)C2)C1. The second-order valence-corrected chi connectivity index (χ2v) is 4.65. The van der Waals surface area contributed by atoms with Crippen molar-refractivity contribution < 1.29 is 15.0 Å². The number of aliphatic hydroxyl groups excluding tert-OH is 2. The van der Waals surface area contributed by atoms with E-state index in [0.717, 1.165) is 19.3 Å². The molecular formula is C10H18N2O3. The molecule has 15 heavy (non-hydrogen) atoms. The van der Waals surface area contributed by atoms with E-state index in [9.17, 15) is 15.0 Å². The third kappa shape index (κ3) is 2.14. The molecule has 2 rings (SSSR count). The molecule has 0 aromatic carbocycles.